The number of hydrogen-bond donors (Lipinski definition) is 2. The molecule has 2 aromatic heterocycles. The molecule has 6 heteroatoms. The zero-order valence-corrected chi connectivity index (χ0v) is 9.85. The lowest BCUT2D eigenvalue weighted by molar-refractivity contribution is 0.362. The normalized spacial score (nSPS) is 17.1. The third-order valence-electron chi connectivity index (χ3n) is 3.43. The molecule has 1 saturated heterocycles. The molecule has 0 spiro atoms. The maximum Gasteiger partial charge on any atom is 0.272 e. The van der Waals surface area contributed by atoms with E-state index >= 15 is 0 Å². The van der Waals surface area contributed by atoms with E-state index in [0.29, 0.717) is 10.8 Å². The molecule has 3 rings (SSSR count). The molecule has 0 bridgehead atoms. The van der Waals surface area contributed by atoms with Crippen molar-refractivity contribution in [2.45, 2.75) is 18.9 Å². The lowest BCUT2D eigenvalue weighted by atomic mass is 10.1. The van der Waals surface area contributed by atoms with Crippen molar-refractivity contribution < 1.29 is 0 Å². The van der Waals surface area contributed by atoms with Crippen LogP contribution in [0, 0.1) is 0 Å². The van der Waals surface area contributed by atoms with E-state index in [-0.39, 0.29) is 17.2 Å². The van der Waals surface area contributed by atoms with Gasteiger partial charge < -0.3 is 9.88 Å². The van der Waals surface area contributed by atoms with Crippen LogP contribution in [0.2, 0.25) is 0 Å². The summed E-state index contributed by atoms with van der Waals surface area (Å²) in [5.74, 6) is 0. The maximum absolute atomic E-state index is 12.1. The first-order valence-electron chi connectivity index (χ1n) is 6.06. The van der Waals surface area contributed by atoms with Gasteiger partial charge in [0.25, 0.3) is 11.1 Å². The molecule has 0 aromatic carbocycles. The fourth-order valence-corrected chi connectivity index (χ4v) is 2.45. The van der Waals surface area contributed by atoms with E-state index in [9.17, 15) is 9.59 Å². The molecule has 1 fully saturated rings. The SMILES string of the molecule is O=c1[nH]ncc2cn(C3CCNCC3)c(=O)cc12. The Bertz CT molecular complexity index is 682. The molecule has 6 nitrogen and oxygen atoms in total. The molecule has 1 aliphatic rings. The minimum atomic E-state index is -0.318. The number of piperidine rings is 1. The first-order chi connectivity index (χ1) is 8.75. The average Bonchev–Trinajstić information content (AvgIpc) is 2.40. The number of H-pyrrole nitrogens is 1. The summed E-state index contributed by atoms with van der Waals surface area (Å²) in [5, 5.41) is 10.5. The van der Waals surface area contributed by atoms with Crippen LogP contribution in [0.1, 0.15) is 18.9 Å². The molecular weight excluding hydrogens is 232 g/mol. The summed E-state index contributed by atoms with van der Waals surface area (Å²) in [6, 6.07) is 1.61. The summed E-state index contributed by atoms with van der Waals surface area (Å²) < 4.78 is 1.73. The van der Waals surface area contributed by atoms with E-state index in [0.717, 1.165) is 25.9 Å². The summed E-state index contributed by atoms with van der Waals surface area (Å²) in [5.41, 5.74) is -0.437. The third-order valence-corrected chi connectivity index (χ3v) is 3.43. The average molecular weight is 246 g/mol. The van der Waals surface area contributed by atoms with Crippen LogP contribution in [0.25, 0.3) is 10.8 Å². The Morgan fingerprint density at radius 3 is 2.83 bits per heavy atom. The molecule has 0 atom stereocenters. The van der Waals surface area contributed by atoms with Crippen molar-refractivity contribution in [3.8, 4) is 0 Å². The van der Waals surface area contributed by atoms with E-state index in [2.05, 4.69) is 15.5 Å². The molecule has 0 aliphatic carbocycles. The lowest BCUT2D eigenvalue weighted by Gasteiger charge is -2.24. The van der Waals surface area contributed by atoms with Crippen LogP contribution in [0.4, 0.5) is 0 Å². The van der Waals surface area contributed by atoms with Gasteiger partial charge in [-0.1, -0.05) is 0 Å². The number of nitrogens with zero attached hydrogens (tertiary/aromatic N) is 2. The number of fused-ring (bicyclic) bond motifs is 1. The molecule has 18 heavy (non-hydrogen) atoms. The number of pyridine rings is 1. The Morgan fingerprint density at radius 2 is 2.06 bits per heavy atom. The van der Waals surface area contributed by atoms with Gasteiger partial charge in [-0.15, -0.1) is 0 Å². The lowest BCUT2D eigenvalue weighted by Crippen LogP contribution is -2.34. The van der Waals surface area contributed by atoms with Crippen LogP contribution >= 0.6 is 0 Å². The van der Waals surface area contributed by atoms with Crippen molar-refractivity contribution in [3.05, 3.63) is 39.2 Å². The predicted octanol–water partition coefficient (Wildman–Crippen LogP) is 0.00930. The van der Waals surface area contributed by atoms with Crippen LogP contribution < -0.4 is 16.4 Å². The van der Waals surface area contributed by atoms with Gasteiger partial charge in [0, 0.05) is 23.7 Å². The highest BCUT2D eigenvalue weighted by Crippen LogP contribution is 2.17. The van der Waals surface area contributed by atoms with Gasteiger partial charge in [0.2, 0.25) is 0 Å². The molecule has 94 valence electrons. The second kappa shape index (κ2) is 4.38. The van der Waals surface area contributed by atoms with Crippen molar-refractivity contribution in [1.29, 1.82) is 0 Å². The van der Waals surface area contributed by atoms with Crippen LogP contribution in [0.5, 0.6) is 0 Å². The van der Waals surface area contributed by atoms with Crippen LogP contribution in [0.15, 0.2) is 28.0 Å². The molecule has 0 saturated carbocycles. The minimum Gasteiger partial charge on any atom is -0.317 e. The van der Waals surface area contributed by atoms with E-state index < -0.39 is 0 Å². The largest absolute Gasteiger partial charge is 0.317 e. The van der Waals surface area contributed by atoms with E-state index in [1.807, 2.05) is 0 Å². The van der Waals surface area contributed by atoms with Gasteiger partial charge in [-0.25, -0.2) is 5.10 Å². The van der Waals surface area contributed by atoms with Crippen molar-refractivity contribution in [2.75, 3.05) is 13.1 Å². The van der Waals surface area contributed by atoms with Crippen LogP contribution in [-0.2, 0) is 0 Å². The molecule has 3 heterocycles. The standard InChI is InChI=1S/C12H14N4O2/c17-11-5-10-8(6-14-15-12(10)18)7-16(11)9-1-3-13-4-2-9/h5-7,9,13H,1-4H2,(H,15,18). The van der Waals surface area contributed by atoms with Gasteiger partial charge in [0.05, 0.1) is 11.6 Å². The fourth-order valence-electron chi connectivity index (χ4n) is 2.45. The monoisotopic (exact) mass is 246 g/mol. The minimum absolute atomic E-state index is 0.119. The Labute approximate surface area is 103 Å². The maximum atomic E-state index is 12.1. The fraction of sp³-hybridized carbons (Fsp3) is 0.417. The smallest absolute Gasteiger partial charge is 0.272 e. The van der Waals surface area contributed by atoms with Gasteiger partial charge in [-0.3, -0.25) is 9.59 Å². The first-order valence-corrected chi connectivity index (χ1v) is 6.06. The Morgan fingerprint density at radius 1 is 1.28 bits per heavy atom. The van der Waals surface area contributed by atoms with Crippen LogP contribution in [0.3, 0.4) is 0 Å². The summed E-state index contributed by atoms with van der Waals surface area (Å²) >= 11 is 0. The Balaban J connectivity index is 2.15. The molecule has 2 N–H and O–H groups in total. The van der Waals surface area contributed by atoms with Crippen molar-refractivity contribution in [2.24, 2.45) is 0 Å². The first kappa shape index (κ1) is 11.2. The van der Waals surface area contributed by atoms with Crippen molar-refractivity contribution in [3.63, 3.8) is 0 Å². The molecule has 2 aromatic rings. The third kappa shape index (κ3) is 1.84. The molecule has 0 amide bonds. The number of aromatic amines is 1. The van der Waals surface area contributed by atoms with Gasteiger partial charge in [0.1, 0.15) is 0 Å². The highest BCUT2D eigenvalue weighted by Gasteiger charge is 2.16. The van der Waals surface area contributed by atoms with Gasteiger partial charge in [-0.05, 0) is 25.9 Å². The van der Waals surface area contributed by atoms with E-state index in [4.69, 9.17) is 0 Å². The van der Waals surface area contributed by atoms with Gasteiger partial charge in [0.15, 0.2) is 0 Å². The zero-order valence-electron chi connectivity index (χ0n) is 9.85. The van der Waals surface area contributed by atoms with Crippen molar-refractivity contribution in [1.82, 2.24) is 20.1 Å². The Kier molecular flexibility index (Phi) is 2.71. The summed E-state index contributed by atoms with van der Waals surface area (Å²) in [6.45, 7) is 1.84. The van der Waals surface area contributed by atoms with Crippen molar-refractivity contribution >= 4 is 10.8 Å². The van der Waals surface area contributed by atoms with Crippen LogP contribution in [-0.4, -0.2) is 27.9 Å². The molecular formula is C12H14N4O2. The predicted molar refractivity (Wildman–Crippen MR) is 67.8 cm³/mol. The molecule has 0 radical (unpaired) electrons. The second-order valence-corrected chi connectivity index (χ2v) is 4.57. The zero-order chi connectivity index (χ0) is 12.5. The van der Waals surface area contributed by atoms with E-state index in [1.165, 1.54) is 6.07 Å². The summed E-state index contributed by atoms with van der Waals surface area (Å²) in [4.78, 5) is 23.6. The summed E-state index contributed by atoms with van der Waals surface area (Å²) in [7, 11) is 0. The quantitative estimate of drug-likeness (QED) is 0.742. The van der Waals surface area contributed by atoms with E-state index in [1.54, 1.807) is 17.0 Å². The van der Waals surface area contributed by atoms with Gasteiger partial charge >= 0.3 is 0 Å². The number of rotatable bonds is 1. The molecule has 0 unspecified atom stereocenters. The number of nitrogens with one attached hydrogen (secondary N) is 2. The Hall–Kier alpha value is -1.95. The number of aromatic nitrogens is 3. The summed E-state index contributed by atoms with van der Waals surface area (Å²) in [6.07, 6.45) is 5.19. The molecule has 1 aliphatic heterocycles. The number of hydrogen-bond acceptors (Lipinski definition) is 4. The van der Waals surface area contributed by atoms with Gasteiger partial charge in [-0.2, -0.15) is 5.10 Å². The second-order valence-electron chi connectivity index (χ2n) is 4.57. The topological polar surface area (TPSA) is 79.8 Å². The highest BCUT2D eigenvalue weighted by atomic mass is 16.1. The highest BCUT2D eigenvalue weighted by molar-refractivity contribution is 5.79.